The summed E-state index contributed by atoms with van der Waals surface area (Å²) in [6, 6.07) is 23.2. The molecular formula is C103H150O28. The fourth-order valence-corrected chi connectivity index (χ4v) is 22.0. The summed E-state index contributed by atoms with van der Waals surface area (Å²) in [7, 11) is 0. The molecule has 12 rings (SSSR count). The Bertz CT molecular complexity index is 4110. The molecule has 0 aromatic heterocycles. The van der Waals surface area contributed by atoms with Gasteiger partial charge in [-0.05, 0) is 308 Å². The molecule has 0 amide bonds. The van der Waals surface area contributed by atoms with Crippen molar-refractivity contribution in [1.82, 2.24) is 0 Å². The number of ether oxygens (including phenoxy) is 8. The molecule has 28 nitrogen and oxygen atoms in total. The summed E-state index contributed by atoms with van der Waals surface area (Å²) in [5.41, 5.74) is 8.97. The van der Waals surface area contributed by atoms with E-state index in [2.05, 4.69) is 56.7 Å². The molecule has 8 aliphatic rings. The number of esters is 4. The van der Waals surface area contributed by atoms with Crippen LogP contribution < -0.4 is 18.9 Å². The van der Waals surface area contributed by atoms with Crippen LogP contribution in [0.4, 0.5) is 0 Å². The quantitative estimate of drug-likeness (QED) is 0.0111. The minimum atomic E-state index is -1.21. The highest BCUT2D eigenvalue weighted by atomic mass is 16.6. The highest BCUT2D eigenvalue weighted by molar-refractivity contribution is 5.79. The molecule has 0 saturated heterocycles. The van der Waals surface area contributed by atoms with Crippen molar-refractivity contribution in [3.63, 3.8) is 0 Å². The Morgan fingerprint density at radius 2 is 0.588 bits per heavy atom. The lowest BCUT2D eigenvalue weighted by molar-refractivity contribution is -0.163. The van der Waals surface area contributed by atoms with E-state index in [-0.39, 0.29) is 112 Å². The fourth-order valence-electron chi connectivity index (χ4n) is 22.0. The molecule has 0 radical (unpaired) electrons. The van der Waals surface area contributed by atoms with E-state index in [4.69, 9.17) is 53.6 Å². The van der Waals surface area contributed by atoms with Crippen molar-refractivity contribution in [1.29, 1.82) is 0 Å². The largest absolute Gasteiger partial charge is 0.482 e. The number of fused-ring (bicyclic) bond motifs is 8. The van der Waals surface area contributed by atoms with Gasteiger partial charge in [-0.2, -0.15) is 0 Å². The second-order valence-corrected chi connectivity index (χ2v) is 38.2. The molecule has 0 unspecified atom stereocenters. The lowest BCUT2D eigenvalue weighted by atomic mass is 9.73. The molecule has 4 fully saturated rings. The highest BCUT2D eigenvalue weighted by Crippen LogP contribution is 2.53. The number of carboxylic acid groups (broad SMARTS) is 4. The number of carbonyl (C=O) groups excluding carboxylic acids is 4. The first kappa shape index (κ1) is 106. The molecule has 4 aromatic carbocycles. The summed E-state index contributed by atoms with van der Waals surface area (Å²) in [5, 5.41) is 119. The van der Waals surface area contributed by atoms with Gasteiger partial charge in [0.15, 0.2) is 45.2 Å². The van der Waals surface area contributed by atoms with Crippen molar-refractivity contribution < 1.29 is 138 Å². The van der Waals surface area contributed by atoms with Crippen LogP contribution >= 0.6 is 0 Å². The SMILES string of the molecule is CCCCC[C@H](O)CC[C@@H]1[C@H]2Cc3cccc(OCC(=O)OCC(=O)O)c3C[C@H]2C[C@H]1O.CCCCC[C@H](O)CC[C@@H]1[C@H]2Cc3cccc(OCC(=O)OCCC(=O)O)c3C[C@H]2C[C@H]1O.CCCCC[C@H](O)CC[C@@H]1[C@H]2Cc3cccc(OCC(=O)O[C@@H](C)C(=O)O)c3C[C@H]2C[C@H]1O.CCCCC[C@H](O)CC[C@@H]1[C@H]2Cc3cccc(OCC(=O)O[C@H](C)C(=O)O)c3C[C@H]2C[C@H]1O. The summed E-state index contributed by atoms with van der Waals surface area (Å²) in [5.74, 6) is -1.09. The molecule has 22 atom stereocenters. The van der Waals surface area contributed by atoms with E-state index >= 15 is 0 Å². The maximum atomic E-state index is 11.9. The molecule has 0 bridgehead atoms. The first-order valence-corrected chi connectivity index (χ1v) is 48.8. The molecule has 0 spiro atoms. The monoisotopic (exact) mass is 1840 g/mol. The summed E-state index contributed by atoms with van der Waals surface area (Å²) >= 11 is 0. The van der Waals surface area contributed by atoms with E-state index in [1.54, 1.807) is 0 Å². The predicted molar refractivity (Wildman–Crippen MR) is 487 cm³/mol. The number of benzene rings is 4. The van der Waals surface area contributed by atoms with Gasteiger partial charge in [-0.1, -0.05) is 153 Å². The lowest BCUT2D eigenvalue weighted by Crippen LogP contribution is -2.29. The number of carboxylic acids is 4. The second kappa shape index (κ2) is 54.2. The van der Waals surface area contributed by atoms with Crippen LogP contribution in [0.3, 0.4) is 0 Å². The van der Waals surface area contributed by atoms with Gasteiger partial charge in [-0.15, -0.1) is 0 Å². The summed E-state index contributed by atoms with van der Waals surface area (Å²) in [6.45, 7) is 9.11. The Balaban J connectivity index is 0.000000197. The third kappa shape index (κ3) is 32.7. The second-order valence-electron chi connectivity index (χ2n) is 38.2. The molecular weight excluding hydrogens is 1690 g/mol. The molecule has 131 heavy (non-hydrogen) atoms. The third-order valence-electron chi connectivity index (χ3n) is 28.9. The van der Waals surface area contributed by atoms with E-state index in [0.717, 1.165) is 253 Å². The van der Waals surface area contributed by atoms with Gasteiger partial charge in [-0.25, -0.2) is 33.6 Å². The van der Waals surface area contributed by atoms with Gasteiger partial charge < -0.3 is 99.2 Å². The van der Waals surface area contributed by atoms with Crippen molar-refractivity contribution >= 4 is 47.8 Å². The van der Waals surface area contributed by atoms with Gasteiger partial charge in [0.1, 0.15) is 29.6 Å². The Morgan fingerprint density at radius 1 is 0.328 bits per heavy atom. The number of carbonyl (C=O) groups is 8. The molecule has 8 aliphatic carbocycles. The van der Waals surface area contributed by atoms with Gasteiger partial charge in [0, 0.05) is 0 Å². The fraction of sp³-hybridized carbons (Fsp3) is 0.689. The smallest absolute Gasteiger partial charge is 0.345 e. The highest BCUT2D eigenvalue weighted by Gasteiger charge is 2.50. The number of rotatable bonds is 49. The molecule has 28 heteroatoms. The van der Waals surface area contributed by atoms with Crippen LogP contribution in [-0.4, -0.2) is 210 Å². The lowest BCUT2D eigenvalue weighted by Gasteiger charge is -2.32. The van der Waals surface area contributed by atoms with Crippen LogP contribution in [0, 0.1) is 71.0 Å². The average molecular weight is 1840 g/mol. The number of unbranched alkanes of at least 4 members (excludes halogenated alkanes) is 8. The van der Waals surface area contributed by atoms with Crippen molar-refractivity contribution in [3.05, 3.63) is 117 Å². The summed E-state index contributed by atoms with van der Waals surface area (Å²) < 4.78 is 42.0. The Kier molecular flexibility index (Phi) is 43.9. The van der Waals surface area contributed by atoms with E-state index in [1.807, 2.05) is 48.5 Å². The zero-order chi connectivity index (χ0) is 94.8. The normalized spacial score (nSPS) is 25.2. The third-order valence-corrected chi connectivity index (χ3v) is 28.9. The standard InChI is InChI=1S/3C26H38O7.C25H36O7/c2*1-3-4-5-8-19(27)10-11-20-21-12-17-7-6-9-24(22(17)13-18(21)14-23(20)28)32-15-25(29)33-16(2)26(30)31;1-2-3-4-7-19(27)9-10-20-21-13-17-6-5-8-24(22(17)14-18(21)15-23(20)28)33-16-26(31)32-12-11-25(29)30;1-2-3-4-7-18(26)9-10-19-20-11-16-6-5-8-23(21(16)12-17(20)13-22(19)27)31-15-25(30)32-14-24(28)29/h2*6-7,9,16,18-21,23,27-28H,3-5,8,10-15H2,1-2H3,(H,30,31);5-6,8,18-21,23,27-28H,2-4,7,9-16H2,1H3,(H,29,30);5-6,8,17-20,22,26-27H,2-4,7,9-15H2,1H3,(H,28,29)/t16-,18+,19+,20-,21+,23-;16-,18-,19-,20+,21-,23+;18-,19-,20+,21-,23+;17-,18-,19+,20-,22+/m1000/s1. The molecule has 730 valence electrons. The zero-order valence-electron chi connectivity index (χ0n) is 77.9. The van der Waals surface area contributed by atoms with Crippen LogP contribution in [-0.2, 0) is 109 Å². The van der Waals surface area contributed by atoms with E-state index in [0.29, 0.717) is 70.3 Å². The number of aliphatic hydroxyl groups is 8. The van der Waals surface area contributed by atoms with Gasteiger partial charge in [0.05, 0.1) is 55.3 Å². The Labute approximate surface area is 772 Å². The first-order valence-electron chi connectivity index (χ1n) is 48.8. The zero-order valence-corrected chi connectivity index (χ0v) is 77.9. The van der Waals surface area contributed by atoms with Crippen LogP contribution in [0.5, 0.6) is 23.0 Å². The average Bonchev–Trinajstić information content (AvgIpc) is 1.66. The van der Waals surface area contributed by atoms with Crippen molar-refractivity contribution in [2.45, 2.75) is 340 Å². The van der Waals surface area contributed by atoms with Crippen LogP contribution in [0.25, 0.3) is 0 Å². The Hall–Kier alpha value is -8.48. The number of aliphatic hydroxyl groups excluding tert-OH is 8. The van der Waals surface area contributed by atoms with Crippen LogP contribution in [0.15, 0.2) is 72.8 Å². The molecule has 12 N–H and O–H groups in total. The number of aliphatic carboxylic acids is 4. The van der Waals surface area contributed by atoms with Gasteiger partial charge in [0.25, 0.3) is 0 Å². The first-order chi connectivity index (χ1) is 62.9. The van der Waals surface area contributed by atoms with Crippen LogP contribution in [0.2, 0.25) is 0 Å². The summed E-state index contributed by atoms with van der Waals surface area (Å²) in [4.78, 5) is 90.1. The molecule has 4 saturated carbocycles. The van der Waals surface area contributed by atoms with Crippen LogP contribution in [0.1, 0.15) is 272 Å². The van der Waals surface area contributed by atoms with Crippen molar-refractivity contribution in [2.75, 3.05) is 39.6 Å². The molecule has 0 heterocycles. The maximum Gasteiger partial charge on any atom is 0.345 e. The van der Waals surface area contributed by atoms with E-state index in [9.17, 15) is 79.2 Å². The van der Waals surface area contributed by atoms with Gasteiger partial charge in [0.2, 0.25) is 0 Å². The summed E-state index contributed by atoms with van der Waals surface area (Å²) in [6.07, 6.45) is 27.4. The minimum Gasteiger partial charge on any atom is -0.482 e. The molecule has 0 aliphatic heterocycles. The van der Waals surface area contributed by atoms with Crippen molar-refractivity contribution in [2.24, 2.45) is 71.0 Å². The topological polar surface area (TPSA) is 453 Å². The van der Waals surface area contributed by atoms with E-state index in [1.165, 1.54) is 36.1 Å². The molecule has 4 aromatic rings. The van der Waals surface area contributed by atoms with E-state index < -0.39 is 66.6 Å². The van der Waals surface area contributed by atoms with Crippen molar-refractivity contribution in [3.8, 4) is 23.0 Å². The van der Waals surface area contributed by atoms with Gasteiger partial charge in [-0.3, -0.25) is 4.79 Å². The minimum absolute atomic E-state index is 0.166. The number of hydrogen-bond donors (Lipinski definition) is 12. The predicted octanol–water partition coefficient (Wildman–Crippen LogP) is 13.7. The number of hydrogen-bond acceptors (Lipinski definition) is 24. The maximum absolute atomic E-state index is 11.9. The Morgan fingerprint density at radius 3 is 0.832 bits per heavy atom. The van der Waals surface area contributed by atoms with Gasteiger partial charge >= 0.3 is 47.8 Å².